The molecule has 0 spiro atoms. The Kier molecular flexibility index (Phi) is 6.27. The van der Waals surface area contributed by atoms with Crippen LogP contribution in [0.1, 0.15) is 82.8 Å². The fourth-order valence-corrected chi connectivity index (χ4v) is 5.53. The molecule has 0 aromatic heterocycles. The summed E-state index contributed by atoms with van der Waals surface area (Å²) in [6.45, 7) is 5.55. The van der Waals surface area contributed by atoms with E-state index in [9.17, 15) is 22.8 Å². The van der Waals surface area contributed by atoms with Gasteiger partial charge in [-0.1, -0.05) is 38.5 Å². The molecule has 1 saturated carbocycles. The van der Waals surface area contributed by atoms with Gasteiger partial charge in [-0.25, -0.2) is 0 Å². The van der Waals surface area contributed by atoms with Gasteiger partial charge in [-0.2, -0.15) is 13.2 Å². The number of ketones is 1. The van der Waals surface area contributed by atoms with Crippen LogP contribution in [0.5, 0.6) is 0 Å². The van der Waals surface area contributed by atoms with E-state index in [1.54, 1.807) is 6.92 Å². The molecule has 1 aliphatic heterocycles. The van der Waals surface area contributed by atoms with Crippen LogP contribution in [0.25, 0.3) is 0 Å². The third-order valence-corrected chi connectivity index (χ3v) is 6.99. The smallest absolute Gasteiger partial charge is 0.416 e. The second kappa shape index (κ2) is 8.73. The number of hydrogen-bond donors (Lipinski definition) is 0. The van der Waals surface area contributed by atoms with Crippen molar-refractivity contribution in [3.8, 4) is 0 Å². The number of ether oxygens (including phenoxy) is 1. The molecule has 0 amide bonds. The average Bonchev–Trinajstić information content (AvgIpc) is 2.71. The first-order valence-electron chi connectivity index (χ1n) is 11.7. The van der Waals surface area contributed by atoms with Crippen molar-refractivity contribution >= 4 is 17.5 Å². The number of nitrogens with zero attached hydrogens (tertiary/aromatic N) is 1. The zero-order chi connectivity index (χ0) is 24.0. The summed E-state index contributed by atoms with van der Waals surface area (Å²) in [5, 5.41) is 0. The Morgan fingerprint density at radius 3 is 2.42 bits per heavy atom. The average molecular weight is 462 g/mol. The van der Waals surface area contributed by atoms with Gasteiger partial charge in [0.25, 0.3) is 0 Å². The number of aliphatic imine (C=N–C) groups is 1. The first kappa shape index (κ1) is 23.7. The quantitative estimate of drug-likeness (QED) is 0.490. The predicted molar refractivity (Wildman–Crippen MR) is 119 cm³/mol. The number of allylic oxidation sites excluding steroid dienone is 2. The topological polar surface area (TPSA) is 55.7 Å². The van der Waals surface area contributed by atoms with Gasteiger partial charge in [0, 0.05) is 29.3 Å². The second-order valence-corrected chi connectivity index (χ2v) is 10.3. The van der Waals surface area contributed by atoms with Crippen molar-refractivity contribution in [3.63, 3.8) is 0 Å². The Labute approximate surface area is 192 Å². The zero-order valence-corrected chi connectivity index (χ0v) is 19.3. The third kappa shape index (κ3) is 4.78. The summed E-state index contributed by atoms with van der Waals surface area (Å²) >= 11 is 0. The van der Waals surface area contributed by atoms with Gasteiger partial charge in [-0.15, -0.1) is 0 Å². The summed E-state index contributed by atoms with van der Waals surface area (Å²) in [4.78, 5) is 31.3. The minimum absolute atomic E-state index is 0.0644. The summed E-state index contributed by atoms with van der Waals surface area (Å²) in [5.74, 6) is -2.95. The van der Waals surface area contributed by atoms with Gasteiger partial charge in [-0.3, -0.25) is 14.6 Å². The van der Waals surface area contributed by atoms with E-state index in [-0.39, 0.29) is 34.9 Å². The largest absolute Gasteiger partial charge is 0.462 e. The molecule has 0 N–H and O–H groups in total. The van der Waals surface area contributed by atoms with Crippen LogP contribution in [0.4, 0.5) is 13.2 Å². The van der Waals surface area contributed by atoms with Crippen molar-refractivity contribution in [2.24, 2.45) is 16.3 Å². The number of halogens is 3. The first-order valence-corrected chi connectivity index (χ1v) is 11.7. The minimum Gasteiger partial charge on any atom is -0.462 e. The predicted octanol–water partition coefficient (Wildman–Crippen LogP) is 6.40. The number of Topliss-reactive ketones (excluding diaryl/α,β-unsaturated/α-hetero) is 1. The number of carbonyl (C=O) groups excluding carboxylic acids is 2. The summed E-state index contributed by atoms with van der Waals surface area (Å²) < 4.78 is 47.8. The van der Waals surface area contributed by atoms with E-state index in [0.29, 0.717) is 17.8 Å². The van der Waals surface area contributed by atoms with Crippen molar-refractivity contribution in [1.82, 2.24) is 0 Å². The minimum atomic E-state index is -4.62. The third-order valence-electron chi connectivity index (χ3n) is 6.99. The van der Waals surface area contributed by atoms with Crippen molar-refractivity contribution in [1.29, 1.82) is 0 Å². The molecule has 2 aliphatic carbocycles. The molecule has 7 heteroatoms. The molecule has 1 aromatic carbocycles. The Morgan fingerprint density at radius 1 is 1.09 bits per heavy atom. The van der Waals surface area contributed by atoms with Crippen molar-refractivity contribution in [2.45, 2.75) is 83.9 Å². The van der Waals surface area contributed by atoms with Crippen LogP contribution in [0.2, 0.25) is 0 Å². The highest BCUT2D eigenvalue weighted by molar-refractivity contribution is 6.09. The number of hydrogen-bond acceptors (Lipinski definition) is 4. The van der Waals surface area contributed by atoms with E-state index >= 15 is 0 Å². The standard InChI is InChI=1S/C26H30F3NO3/c1-15-21(24(32)33-16-9-5-4-6-10-16)22(17-11-7-8-12-18(17)26(27,28)29)23-19(30-15)13-25(2,3)14-20(23)31/h7-8,11-12,16,21-22H,4-6,9-10,13-14H2,1-3H3/t21?,22-/m0/s1. The van der Waals surface area contributed by atoms with Gasteiger partial charge in [0.1, 0.15) is 12.0 Å². The monoisotopic (exact) mass is 461 g/mol. The van der Waals surface area contributed by atoms with Crippen molar-refractivity contribution in [2.75, 3.05) is 0 Å². The molecule has 0 radical (unpaired) electrons. The fraction of sp³-hybridized carbons (Fsp3) is 0.577. The lowest BCUT2D eigenvalue weighted by Crippen LogP contribution is -2.41. The summed E-state index contributed by atoms with van der Waals surface area (Å²) in [6, 6.07) is 5.24. The molecular formula is C26H30F3NO3. The lowest BCUT2D eigenvalue weighted by atomic mass is 9.66. The van der Waals surface area contributed by atoms with Crippen molar-refractivity contribution < 1.29 is 27.5 Å². The Morgan fingerprint density at radius 2 is 1.76 bits per heavy atom. The van der Waals surface area contributed by atoms with Crippen LogP contribution in [-0.2, 0) is 20.5 Å². The molecule has 4 rings (SSSR count). The van der Waals surface area contributed by atoms with Gasteiger partial charge < -0.3 is 4.74 Å². The number of rotatable bonds is 3. The SMILES string of the molecule is CC1=NC2=C(C(=O)CC(C)(C)C2)[C@@H](c2ccccc2C(F)(F)F)C1C(=O)OC1CCCCC1. The molecule has 1 heterocycles. The van der Waals surface area contributed by atoms with E-state index in [2.05, 4.69) is 4.99 Å². The van der Waals surface area contributed by atoms with Gasteiger partial charge in [-0.05, 0) is 56.1 Å². The van der Waals surface area contributed by atoms with E-state index < -0.39 is 29.5 Å². The van der Waals surface area contributed by atoms with Crippen LogP contribution >= 0.6 is 0 Å². The Balaban J connectivity index is 1.83. The van der Waals surface area contributed by atoms with E-state index in [1.807, 2.05) is 13.8 Å². The van der Waals surface area contributed by atoms with Gasteiger partial charge in [0.2, 0.25) is 0 Å². The second-order valence-electron chi connectivity index (χ2n) is 10.3. The van der Waals surface area contributed by atoms with Gasteiger partial charge in [0.15, 0.2) is 5.78 Å². The molecule has 1 unspecified atom stereocenters. The molecular weight excluding hydrogens is 431 g/mol. The summed E-state index contributed by atoms with van der Waals surface area (Å²) in [5.41, 5.74) is -0.0970. The lowest BCUT2D eigenvalue weighted by Gasteiger charge is -2.40. The molecule has 1 aromatic rings. The number of benzene rings is 1. The molecule has 33 heavy (non-hydrogen) atoms. The molecule has 2 atom stereocenters. The summed E-state index contributed by atoms with van der Waals surface area (Å²) in [7, 11) is 0. The molecule has 4 nitrogen and oxygen atoms in total. The summed E-state index contributed by atoms with van der Waals surface area (Å²) in [6.07, 6.45) is 0.315. The van der Waals surface area contributed by atoms with Crippen LogP contribution in [0, 0.1) is 11.3 Å². The maximum absolute atomic E-state index is 14.0. The van der Waals surface area contributed by atoms with Gasteiger partial charge in [0.05, 0.1) is 5.56 Å². The van der Waals surface area contributed by atoms with Crippen LogP contribution in [0.3, 0.4) is 0 Å². The molecule has 1 fully saturated rings. The van der Waals surface area contributed by atoms with Gasteiger partial charge >= 0.3 is 12.1 Å². The molecule has 0 bridgehead atoms. The maximum Gasteiger partial charge on any atom is 0.416 e. The maximum atomic E-state index is 14.0. The fourth-order valence-electron chi connectivity index (χ4n) is 5.53. The zero-order valence-electron chi connectivity index (χ0n) is 19.3. The highest BCUT2D eigenvalue weighted by Crippen LogP contribution is 2.50. The van der Waals surface area contributed by atoms with E-state index in [1.165, 1.54) is 18.2 Å². The molecule has 3 aliphatic rings. The number of esters is 1. The highest BCUT2D eigenvalue weighted by atomic mass is 19.4. The van der Waals surface area contributed by atoms with Crippen molar-refractivity contribution in [3.05, 3.63) is 46.7 Å². The lowest BCUT2D eigenvalue weighted by molar-refractivity contribution is -0.154. The van der Waals surface area contributed by atoms with Crippen LogP contribution in [0.15, 0.2) is 40.5 Å². The molecule has 0 saturated heterocycles. The van der Waals surface area contributed by atoms with E-state index in [4.69, 9.17) is 4.74 Å². The number of carbonyl (C=O) groups is 2. The van der Waals surface area contributed by atoms with Crippen LogP contribution < -0.4 is 0 Å². The Hall–Kier alpha value is -2.44. The van der Waals surface area contributed by atoms with Crippen LogP contribution in [-0.4, -0.2) is 23.6 Å². The van der Waals surface area contributed by atoms with E-state index in [0.717, 1.165) is 38.2 Å². The highest BCUT2D eigenvalue weighted by Gasteiger charge is 2.48. The molecule has 178 valence electrons. The normalized spacial score (nSPS) is 26.0. The first-order chi connectivity index (χ1) is 15.5. The number of alkyl halides is 3. The Bertz CT molecular complexity index is 1020.